The Labute approximate surface area is 86.8 Å². The number of nitrogens with one attached hydrogen (secondary N) is 2. The summed E-state index contributed by atoms with van der Waals surface area (Å²) >= 11 is 0. The smallest absolute Gasteiger partial charge is 0.0458 e. The van der Waals surface area contributed by atoms with Crippen molar-refractivity contribution < 1.29 is 0 Å². The number of rotatable bonds is 6. The van der Waals surface area contributed by atoms with Crippen molar-refractivity contribution in [1.82, 2.24) is 10.6 Å². The average Bonchev–Trinajstić information content (AvgIpc) is 2.80. The van der Waals surface area contributed by atoms with E-state index in [9.17, 15) is 0 Å². The Bertz CT molecular complexity index is 201. The van der Waals surface area contributed by atoms with Gasteiger partial charge in [-0.05, 0) is 45.4 Å². The highest BCUT2D eigenvalue weighted by Gasteiger charge is 2.63. The molecule has 4 N–H and O–H groups in total. The maximum absolute atomic E-state index is 5.95. The summed E-state index contributed by atoms with van der Waals surface area (Å²) in [6, 6.07) is 1.35. The number of fused-ring (bicyclic) bond motifs is 1. The molecule has 82 valence electrons. The Balaban J connectivity index is 1.51. The normalized spacial score (nSPS) is 36.4. The van der Waals surface area contributed by atoms with Gasteiger partial charge in [-0.2, -0.15) is 0 Å². The molecule has 0 aromatic carbocycles. The molecule has 2 saturated carbocycles. The van der Waals surface area contributed by atoms with Crippen LogP contribution in [0.3, 0.4) is 0 Å². The monoisotopic (exact) mass is 197 g/mol. The van der Waals surface area contributed by atoms with Crippen LogP contribution in [0.25, 0.3) is 0 Å². The molecule has 3 heteroatoms. The number of hydrogen-bond donors (Lipinski definition) is 3. The third-order valence-electron chi connectivity index (χ3n) is 3.29. The van der Waals surface area contributed by atoms with Crippen LogP contribution in [0.2, 0.25) is 0 Å². The lowest BCUT2D eigenvalue weighted by Gasteiger charge is -2.24. The second-order valence-electron chi connectivity index (χ2n) is 5.77. The van der Waals surface area contributed by atoms with Gasteiger partial charge in [0.2, 0.25) is 0 Å². The highest BCUT2D eigenvalue weighted by Crippen LogP contribution is 2.62. The van der Waals surface area contributed by atoms with E-state index in [2.05, 4.69) is 31.4 Å². The van der Waals surface area contributed by atoms with Crippen LogP contribution in [0.15, 0.2) is 0 Å². The second-order valence-corrected chi connectivity index (χ2v) is 5.77. The minimum atomic E-state index is -0.0614. The van der Waals surface area contributed by atoms with Gasteiger partial charge in [0.1, 0.15) is 0 Å². The molecule has 0 bridgehead atoms. The second kappa shape index (κ2) is 3.47. The highest BCUT2D eigenvalue weighted by atomic mass is 15.1. The molecule has 0 spiro atoms. The first-order valence-electron chi connectivity index (χ1n) is 5.73. The molecule has 0 saturated heterocycles. The third-order valence-corrected chi connectivity index (χ3v) is 3.29. The Hall–Kier alpha value is -0.120. The standard InChI is InChI=1S/C11H23N3/c1-7(5-11(2,3)12)13-6-14-10-8-4-9(8)10/h7-10,13-14H,4-6,12H2,1-3H3. The van der Waals surface area contributed by atoms with E-state index < -0.39 is 0 Å². The van der Waals surface area contributed by atoms with Crippen molar-refractivity contribution in [3.63, 3.8) is 0 Å². The van der Waals surface area contributed by atoms with Crippen LogP contribution in [0.4, 0.5) is 0 Å². The molecule has 2 rings (SSSR count). The van der Waals surface area contributed by atoms with Gasteiger partial charge in [-0.3, -0.25) is 0 Å². The van der Waals surface area contributed by atoms with Gasteiger partial charge in [0.25, 0.3) is 0 Å². The summed E-state index contributed by atoms with van der Waals surface area (Å²) in [5, 5.41) is 6.98. The van der Waals surface area contributed by atoms with Crippen LogP contribution < -0.4 is 16.4 Å². The van der Waals surface area contributed by atoms with E-state index >= 15 is 0 Å². The fourth-order valence-electron chi connectivity index (χ4n) is 2.29. The van der Waals surface area contributed by atoms with Crippen LogP contribution in [0.1, 0.15) is 33.6 Å². The zero-order chi connectivity index (χ0) is 10.3. The van der Waals surface area contributed by atoms with E-state index in [-0.39, 0.29) is 5.54 Å². The molecule has 2 aliphatic rings. The Morgan fingerprint density at radius 2 is 2.07 bits per heavy atom. The zero-order valence-corrected chi connectivity index (χ0v) is 9.51. The van der Waals surface area contributed by atoms with Gasteiger partial charge < -0.3 is 16.4 Å². The molecule has 3 unspecified atom stereocenters. The van der Waals surface area contributed by atoms with Gasteiger partial charge >= 0.3 is 0 Å². The van der Waals surface area contributed by atoms with Gasteiger partial charge in [-0.15, -0.1) is 0 Å². The predicted octanol–water partition coefficient (Wildman–Crippen LogP) is 0.657. The summed E-state index contributed by atoms with van der Waals surface area (Å²) in [6.07, 6.45) is 2.50. The Morgan fingerprint density at radius 3 is 2.50 bits per heavy atom. The minimum Gasteiger partial charge on any atom is -0.326 e. The van der Waals surface area contributed by atoms with Gasteiger partial charge in [0, 0.05) is 24.3 Å². The molecule has 0 aromatic rings. The summed E-state index contributed by atoms with van der Waals surface area (Å²) in [5.41, 5.74) is 5.89. The molecular formula is C11H23N3. The van der Waals surface area contributed by atoms with Crippen LogP contribution in [-0.4, -0.2) is 24.3 Å². The summed E-state index contributed by atoms with van der Waals surface area (Å²) in [6.45, 7) is 7.29. The van der Waals surface area contributed by atoms with Crippen molar-refractivity contribution in [1.29, 1.82) is 0 Å². The first-order valence-corrected chi connectivity index (χ1v) is 5.73. The lowest BCUT2D eigenvalue weighted by Crippen LogP contribution is -2.44. The number of nitrogens with two attached hydrogens (primary N) is 1. The van der Waals surface area contributed by atoms with Crippen molar-refractivity contribution in [3.05, 3.63) is 0 Å². The zero-order valence-electron chi connectivity index (χ0n) is 9.51. The lowest BCUT2D eigenvalue weighted by molar-refractivity contribution is 0.375. The molecule has 2 fully saturated rings. The van der Waals surface area contributed by atoms with E-state index in [0.29, 0.717) is 6.04 Å². The van der Waals surface area contributed by atoms with Crippen molar-refractivity contribution >= 4 is 0 Å². The van der Waals surface area contributed by atoms with E-state index in [4.69, 9.17) is 5.73 Å². The van der Waals surface area contributed by atoms with E-state index in [0.717, 1.165) is 31.0 Å². The fourth-order valence-corrected chi connectivity index (χ4v) is 2.29. The van der Waals surface area contributed by atoms with Crippen molar-refractivity contribution in [2.45, 2.75) is 51.2 Å². The summed E-state index contributed by atoms with van der Waals surface area (Å²) < 4.78 is 0. The van der Waals surface area contributed by atoms with Gasteiger partial charge in [-0.1, -0.05) is 0 Å². The lowest BCUT2D eigenvalue weighted by atomic mass is 9.98. The molecule has 14 heavy (non-hydrogen) atoms. The largest absolute Gasteiger partial charge is 0.326 e. The first kappa shape index (κ1) is 10.4. The van der Waals surface area contributed by atoms with Crippen LogP contribution >= 0.6 is 0 Å². The maximum atomic E-state index is 5.95. The SMILES string of the molecule is CC(CC(C)(C)N)NCNC1C2CC21. The van der Waals surface area contributed by atoms with Crippen LogP contribution in [0, 0.1) is 11.8 Å². The van der Waals surface area contributed by atoms with Crippen molar-refractivity contribution in [2.24, 2.45) is 17.6 Å². The summed E-state index contributed by atoms with van der Waals surface area (Å²) in [5.74, 6) is 2.08. The van der Waals surface area contributed by atoms with Gasteiger partial charge in [-0.25, -0.2) is 0 Å². The Morgan fingerprint density at radius 1 is 1.43 bits per heavy atom. The molecule has 3 atom stereocenters. The summed E-state index contributed by atoms with van der Waals surface area (Å²) in [7, 11) is 0. The molecule has 2 aliphatic carbocycles. The molecule has 0 aromatic heterocycles. The Kier molecular flexibility index (Phi) is 2.58. The molecular weight excluding hydrogens is 174 g/mol. The first-order chi connectivity index (χ1) is 6.47. The number of hydrogen-bond acceptors (Lipinski definition) is 3. The molecule has 0 amide bonds. The molecule has 0 aliphatic heterocycles. The van der Waals surface area contributed by atoms with E-state index in [1.165, 1.54) is 6.42 Å². The average molecular weight is 197 g/mol. The minimum absolute atomic E-state index is 0.0614. The molecule has 0 radical (unpaired) electrons. The quantitative estimate of drug-likeness (QED) is 0.548. The molecule has 3 nitrogen and oxygen atoms in total. The fraction of sp³-hybridized carbons (Fsp3) is 1.00. The topological polar surface area (TPSA) is 50.1 Å². The molecule has 0 heterocycles. The highest BCUT2D eigenvalue weighted by molar-refractivity contribution is 5.17. The van der Waals surface area contributed by atoms with Crippen LogP contribution in [-0.2, 0) is 0 Å². The van der Waals surface area contributed by atoms with Gasteiger partial charge in [0.05, 0.1) is 0 Å². The van der Waals surface area contributed by atoms with Crippen molar-refractivity contribution in [2.75, 3.05) is 6.67 Å². The summed E-state index contributed by atoms with van der Waals surface area (Å²) in [4.78, 5) is 0. The maximum Gasteiger partial charge on any atom is 0.0458 e. The van der Waals surface area contributed by atoms with E-state index in [1.807, 2.05) is 0 Å². The van der Waals surface area contributed by atoms with E-state index in [1.54, 1.807) is 0 Å². The van der Waals surface area contributed by atoms with Gasteiger partial charge in [0.15, 0.2) is 0 Å². The van der Waals surface area contributed by atoms with Crippen LogP contribution in [0.5, 0.6) is 0 Å². The van der Waals surface area contributed by atoms with Crippen molar-refractivity contribution in [3.8, 4) is 0 Å². The predicted molar refractivity (Wildman–Crippen MR) is 58.9 cm³/mol. The third kappa shape index (κ3) is 2.69.